The Morgan fingerprint density at radius 1 is 1.21 bits per heavy atom. The Morgan fingerprint density at radius 3 is 2.36 bits per heavy atom. The number of nitrogen functional groups attached to an aromatic ring is 1. The SMILES string of the molecule is Cc1cnn(C)c1-c1ccc(N)cc1. The number of anilines is 1. The molecule has 0 aliphatic carbocycles. The van der Waals surface area contributed by atoms with E-state index in [1.165, 1.54) is 5.56 Å². The molecule has 0 saturated carbocycles. The van der Waals surface area contributed by atoms with Crippen molar-refractivity contribution in [3.05, 3.63) is 36.0 Å². The van der Waals surface area contributed by atoms with Crippen molar-refractivity contribution in [1.29, 1.82) is 0 Å². The van der Waals surface area contributed by atoms with Crippen LogP contribution in [0.4, 0.5) is 5.69 Å². The largest absolute Gasteiger partial charge is 0.399 e. The van der Waals surface area contributed by atoms with Gasteiger partial charge >= 0.3 is 0 Å². The van der Waals surface area contributed by atoms with E-state index < -0.39 is 0 Å². The predicted molar refractivity (Wildman–Crippen MR) is 57.8 cm³/mol. The van der Waals surface area contributed by atoms with Crippen LogP contribution in [-0.2, 0) is 7.05 Å². The lowest BCUT2D eigenvalue weighted by atomic mass is 10.1. The minimum absolute atomic E-state index is 0.786. The van der Waals surface area contributed by atoms with E-state index >= 15 is 0 Å². The molecule has 0 bridgehead atoms. The van der Waals surface area contributed by atoms with Gasteiger partial charge in [-0.3, -0.25) is 4.68 Å². The van der Waals surface area contributed by atoms with Gasteiger partial charge in [0.15, 0.2) is 0 Å². The number of benzene rings is 1. The highest BCUT2D eigenvalue weighted by Gasteiger charge is 2.06. The molecule has 0 radical (unpaired) electrons. The second-order valence-corrected chi connectivity index (χ2v) is 3.42. The number of aryl methyl sites for hydroxylation is 2. The first-order valence-corrected chi connectivity index (χ1v) is 4.53. The minimum Gasteiger partial charge on any atom is -0.399 e. The first-order chi connectivity index (χ1) is 6.68. The first-order valence-electron chi connectivity index (χ1n) is 4.53. The maximum Gasteiger partial charge on any atom is 0.0708 e. The molecule has 72 valence electrons. The van der Waals surface area contributed by atoms with Gasteiger partial charge in [0.2, 0.25) is 0 Å². The summed E-state index contributed by atoms with van der Waals surface area (Å²) in [6.45, 7) is 2.05. The lowest BCUT2D eigenvalue weighted by Crippen LogP contribution is -1.94. The molecule has 0 fully saturated rings. The van der Waals surface area contributed by atoms with E-state index in [1.54, 1.807) is 0 Å². The zero-order valence-electron chi connectivity index (χ0n) is 8.36. The summed E-state index contributed by atoms with van der Waals surface area (Å²) in [6.07, 6.45) is 1.87. The van der Waals surface area contributed by atoms with E-state index in [1.807, 2.05) is 42.2 Å². The fraction of sp³-hybridized carbons (Fsp3) is 0.182. The highest BCUT2D eigenvalue weighted by atomic mass is 15.3. The van der Waals surface area contributed by atoms with Crippen molar-refractivity contribution < 1.29 is 0 Å². The molecule has 3 nitrogen and oxygen atoms in total. The summed E-state index contributed by atoms with van der Waals surface area (Å²) in [7, 11) is 1.94. The first kappa shape index (κ1) is 8.81. The highest BCUT2D eigenvalue weighted by molar-refractivity contribution is 5.65. The lowest BCUT2D eigenvalue weighted by molar-refractivity contribution is 0.775. The Labute approximate surface area is 83.2 Å². The third-order valence-corrected chi connectivity index (χ3v) is 2.31. The average molecular weight is 187 g/mol. The monoisotopic (exact) mass is 187 g/mol. The van der Waals surface area contributed by atoms with E-state index in [9.17, 15) is 0 Å². The summed E-state index contributed by atoms with van der Waals surface area (Å²) < 4.78 is 1.88. The summed E-state index contributed by atoms with van der Waals surface area (Å²) in [5.41, 5.74) is 9.89. The maximum atomic E-state index is 5.63. The summed E-state index contributed by atoms with van der Waals surface area (Å²) >= 11 is 0. The molecular weight excluding hydrogens is 174 g/mol. The van der Waals surface area contributed by atoms with Crippen molar-refractivity contribution in [1.82, 2.24) is 9.78 Å². The fourth-order valence-corrected chi connectivity index (χ4v) is 1.60. The number of nitrogens with two attached hydrogens (primary N) is 1. The molecule has 0 unspecified atom stereocenters. The molecule has 2 aromatic rings. The second-order valence-electron chi connectivity index (χ2n) is 3.42. The molecule has 2 rings (SSSR count). The molecule has 0 amide bonds. The molecule has 1 heterocycles. The standard InChI is InChI=1S/C11H13N3/c1-8-7-13-14(2)11(8)9-3-5-10(12)6-4-9/h3-7H,12H2,1-2H3. The van der Waals surface area contributed by atoms with Crippen LogP contribution in [0.1, 0.15) is 5.56 Å². The van der Waals surface area contributed by atoms with Gasteiger partial charge in [-0.25, -0.2) is 0 Å². The third-order valence-electron chi connectivity index (χ3n) is 2.31. The van der Waals surface area contributed by atoms with E-state index in [-0.39, 0.29) is 0 Å². The predicted octanol–water partition coefficient (Wildman–Crippen LogP) is 1.98. The molecule has 2 N–H and O–H groups in total. The van der Waals surface area contributed by atoms with Crippen LogP contribution in [0.3, 0.4) is 0 Å². The van der Waals surface area contributed by atoms with Gasteiger partial charge in [0.25, 0.3) is 0 Å². The van der Waals surface area contributed by atoms with Crippen molar-refractivity contribution in [3.8, 4) is 11.3 Å². The molecule has 0 saturated heterocycles. The van der Waals surface area contributed by atoms with Gasteiger partial charge < -0.3 is 5.73 Å². The Kier molecular flexibility index (Phi) is 2.00. The van der Waals surface area contributed by atoms with Gasteiger partial charge in [0.1, 0.15) is 0 Å². The Balaban J connectivity index is 2.54. The van der Waals surface area contributed by atoms with E-state index in [0.717, 1.165) is 16.9 Å². The van der Waals surface area contributed by atoms with E-state index in [4.69, 9.17) is 5.73 Å². The van der Waals surface area contributed by atoms with Crippen molar-refractivity contribution >= 4 is 5.69 Å². The van der Waals surface area contributed by atoms with Crippen molar-refractivity contribution in [3.63, 3.8) is 0 Å². The molecule has 0 spiro atoms. The van der Waals surface area contributed by atoms with Crippen LogP contribution >= 0.6 is 0 Å². The molecule has 0 aliphatic heterocycles. The summed E-state index contributed by atoms with van der Waals surface area (Å²) in [4.78, 5) is 0. The van der Waals surface area contributed by atoms with Crippen LogP contribution in [0.2, 0.25) is 0 Å². The number of rotatable bonds is 1. The molecule has 1 aromatic heterocycles. The molecule has 3 heteroatoms. The molecule has 0 atom stereocenters. The number of hydrogen-bond acceptors (Lipinski definition) is 2. The van der Waals surface area contributed by atoms with Crippen molar-refractivity contribution in [2.75, 3.05) is 5.73 Å². The number of nitrogens with zero attached hydrogens (tertiary/aromatic N) is 2. The summed E-state index contributed by atoms with van der Waals surface area (Å²) in [5.74, 6) is 0. The van der Waals surface area contributed by atoms with Crippen molar-refractivity contribution in [2.24, 2.45) is 7.05 Å². The quantitative estimate of drug-likeness (QED) is 0.694. The smallest absolute Gasteiger partial charge is 0.0708 e. The Bertz CT molecular complexity index is 421. The normalized spacial score (nSPS) is 10.4. The zero-order chi connectivity index (χ0) is 10.1. The van der Waals surface area contributed by atoms with Crippen LogP contribution in [0.15, 0.2) is 30.5 Å². The van der Waals surface area contributed by atoms with Gasteiger partial charge in [0.05, 0.1) is 11.9 Å². The van der Waals surface area contributed by atoms with Crippen LogP contribution in [-0.4, -0.2) is 9.78 Å². The van der Waals surface area contributed by atoms with Crippen LogP contribution in [0.5, 0.6) is 0 Å². The second kappa shape index (κ2) is 3.18. The van der Waals surface area contributed by atoms with Gasteiger partial charge in [-0.05, 0) is 24.6 Å². The van der Waals surface area contributed by atoms with E-state index in [2.05, 4.69) is 12.0 Å². The maximum absolute atomic E-state index is 5.63. The topological polar surface area (TPSA) is 43.8 Å². The minimum atomic E-state index is 0.786. The lowest BCUT2D eigenvalue weighted by Gasteiger charge is -2.04. The van der Waals surface area contributed by atoms with Crippen LogP contribution < -0.4 is 5.73 Å². The molecular formula is C11H13N3. The summed E-state index contributed by atoms with van der Waals surface area (Å²) in [6, 6.07) is 7.84. The zero-order valence-corrected chi connectivity index (χ0v) is 8.36. The molecule has 1 aromatic carbocycles. The number of hydrogen-bond donors (Lipinski definition) is 1. The molecule has 0 aliphatic rings. The third kappa shape index (κ3) is 1.37. The summed E-state index contributed by atoms with van der Waals surface area (Å²) in [5, 5.41) is 4.20. The molecule has 14 heavy (non-hydrogen) atoms. The number of aromatic nitrogens is 2. The van der Waals surface area contributed by atoms with Crippen molar-refractivity contribution in [2.45, 2.75) is 6.92 Å². The highest BCUT2D eigenvalue weighted by Crippen LogP contribution is 2.22. The van der Waals surface area contributed by atoms with E-state index in [0.29, 0.717) is 0 Å². The van der Waals surface area contributed by atoms with Gasteiger partial charge in [-0.2, -0.15) is 5.10 Å². The van der Waals surface area contributed by atoms with Crippen LogP contribution in [0, 0.1) is 6.92 Å². The Morgan fingerprint density at radius 2 is 1.86 bits per heavy atom. The fourth-order valence-electron chi connectivity index (χ4n) is 1.60. The average Bonchev–Trinajstić information content (AvgIpc) is 2.49. The Hall–Kier alpha value is -1.77. The van der Waals surface area contributed by atoms with Gasteiger partial charge in [-0.1, -0.05) is 12.1 Å². The van der Waals surface area contributed by atoms with Crippen LogP contribution in [0.25, 0.3) is 11.3 Å². The van der Waals surface area contributed by atoms with Gasteiger partial charge in [0, 0.05) is 18.3 Å². The van der Waals surface area contributed by atoms with Gasteiger partial charge in [-0.15, -0.1) is 0 Å².